The van der Waals surface area contributed by atoms with Gasteiger partial charge in [0.2, 0.25) is 5.91 Å². The molecule has 2 aromatic carbocycles. The number of aliphatic carboxylic acids is 1. The second kappa shape index (κ2) is 10.9. The highest BCUT2D eigenvalue weighted by molar-refractivity contribution is 6.62. The van der Waals surface area contributed by atoms with Crippen LogP contribution in [-0.2, 0) is 32.1 Å². The zero-order chi connectivity index (χ0) is 28.8. The smallest absolute Gasteiger partial charge is 0.481 e. The second-order valence-electron chi connectivity index (χ2n) is 11.0. The van der Waals surface area contributed by atoms with E-state index in [1.54, 1.807) is 36.4 Å². The van der Waals surface area contributed by atoms with Gasteiger partial charge in [0.15, 0.2) is 0 Å². The number of hydrogen-bond acceptors (Lipinski definition) is 8. The van der Waals surface area contributed by atoms with Crippen molar-refractivity contribution >= 4 is 48.9 Å². The Kier molecular flexibility index (Phi) is 7.32. The molecule has 1 aliphatic carbocycles. The summed E-state index contributed by atoms with van der Waals surface area (Å²) >= 11 is 0. The van der Waals surface area contributed by atoms with Gasteiger partial charge in [0, 0.05) is 29.8 Å². The molecule has 6 rings (SSSR count). The SMILES string of the molecule is O=C(N[C@@H]1C[C@@H](C(=O)NC2CCCC2C(=O)O)N(C(=O)c2ccc3c(c2)B(O)OC3)C1)c1ccc2c(c1)B(O)OC2. The van der Waals surface area contributed by atoms with E-state index in [1.165, 1.54) is 4.90 Å². The molecular formula is C27H29B2N3O9. The third-order valence-electron chi connectivity index (χ3n) is 8.49. The molecule has 3 heterocycles. The van der Waals surface area contributed by atoms with Gasteiger partial charge >= 0.3 is 20.2 Å². The van der Waals surface area contributed by atoms with Crippen molar-refractivity contribution in [2.45, 2.75) is 57.0 Å². The summed E-state index contributed by atoms with van der Waals surface area (Å²) in [5.41, 5.74) is 3.13. The number of hydrogen-bond donors (Lipinski definition) is 5. The average Bonchev–Trinajstić information content (AvgIpc) is 3.75. The van der Waals surface area contributed by atoms with Crippen LogP contribution in [0.1, 0.15) is 57.5 Å². The molecule has 5 N–H and O–H groups in total. The minimum Gasteiger partial charge on any atom is -0.481 e. The Hall–Kier alpha value is -3.71. The first-order chi connectivity index (χ1) is 19.7. The van der Waals surface area contributed by atoms with Crippen LogP contribution in [-0.4, -0.2) is 82.7 Å². The van der Waals surface area contributed by atoms with E-state index in [9.17, 15) is 34.3 Å². The summed E-state index contributed by atoms with van der Waals surface area (Å²) < 4.78 is 10.4. The van der Waals surface area contributed by atoms with Gasteiger partial charge in [-0.1, -0.05) is 18.6 Å². The van der Waals surface area contributed by atoms with Crippen molar-refractivity contribution in [1.82, 2.24) is 15.5 Å². The summed E-state index contributed by atoms with van der Waals surface area (Å²) in [6.45, 7) is 0.527. The molecule has 3 aliphatic heterocycles. The van der Waals surface area contributed by atoms with E-state index < -0.39 is 62.0 Å². The highest BCUT2D eigenvalue weighted by Gasteiger charge is 2.43. The van der Waals surface area contributed by atoms with Crippen LogP contribution in [0.5, 0.6) is 0 Å². The van der Waals surface area contributed by atoms with Gasteiger partial charge in [-0.15, -0.1) is 0 Å². The quantitative estimate of drug-likeness (QED) is 0.263. The average molecular weight is 561 g/mol. The number of nitrogens with one attached hydrogen (secondary N) is 2. The minimum atomic E-state index is -1.14. The molecular weight excluding hydrogens is 532 g/mol. The van der Waals surface area contributed by atoms with Crippen molar-refractivity contribution in [2.24, 2.45) is 5.92 Å². The van der Waals surface area contributed by atoms with E-state index in [0.29, 0.717) is 35.8 Å². The fourth-order valence-electron chi connectivity index (χ4n) is 6.26. The summed E-state index contributed by atoms with van der Waals surface area (Å²) in [7, 11) is -2.25. The highest BCUT2D eigenvalue weighted by Crippen LogP contribution is 2.28. The van der Waals surface area contributed by atoms with Crippen LogP contribution < -0.4 is 21.6 Å². The highest BCUT2D eigenvalue weighted by atomic mass is 16.5. The summed E-state index contributed by atoms with van der Waals surface area (Å²) in [6.07, 6.45) is 1.79. The molecule has 0 radical (unpaired) electrons. The number of nitrogens with zero attached hydrogens (tertiary/aromatic N) is 1. The number of carboxylic acid groups (broad SMARTS) is 1. The number of fused-ring (bicyclic) bond motifs is 2. The van der Waals surface area contributed by atoms with Gasteiger partial charge in [-0.25, -0.2) is 0 Å². The van der Waals surface area contributed by atoms with Gasteiger partial charge < -0.3 is 40.0 Å². The maximum atomic E-state index is 13.7. The molecule has 2 fully saturated rings. The summed E-state index contributed by atoms with van der Waals surface area (Å²) in [4.78, 5) is 53.4. The molecule has 2 unspecified atom stereocenters. The predicted molar refractivity (Wildman–Crippen MR) is 145 cm³/mol. The van der Waals surface area contributed by atoms with Crippen molar-refractivity contribution in [3.63, 3.8) is 0 Å². The number of carboxylic acids is 1. The lowest BCUT2D eigenvalue weighted by atomic mass is 9.78. The lowest BCUT2D eigenvalue weighted by molar-refractivity contribution is -0.142. The molecule has 4 aliphatic rings. The van der Waals surface area contributed by atoms with Crippen LogP contribution in [0.15, 0.2) is 36.4 Å². The van der Waals surface area contributed by atoms with Crippen LogP contribution in [0.4, 0.5) is 0 Å². The molecule has 0 spiro atoms. The fraction of sp³-hybridized carbons (Fsp3) is 0.407. The van der Waals surface area contributed by atoms with Gasteiger partial charge in [0.1, 0.15) is 6.04 Å². The first-order valence-electron chi connectivity index (χ1n) is 13.7. The lowest BCUT2D eigenvalue weighted by Crippen LogP contribution is -2.50. The van der Waals surface area contributed by atoms with E-state index in [1.807, 2.05) is 0 Å². The Balaban J connectivity index is 1.22. The first-order valence-corrected chi connectivity index (χ1v) is 13.7. The van der Waals surface area contributed by atoms with Crippen LogP contribution >= 0.6 is 0 Å². The van der Waals surface area contributed by atoms with Crippen LogP contribution in [0.3, 0.4) is 0 Å². The van der Waals surface area contributed by atoms with Crippen LogP contribution in [0, 0.1) is 5.92 Å². The van der Waals surface area contributed by atoms with E-state index in [-0.39, 0.29) is 31.7 Å². The monoisotopic (exact) mass is 561 g/mol. The van der Waals surface area contributed by atoms with Crippen LogP contribution in [0.25, 0.3) is 0 Å². The van der Waals surface area contributed by atoms with E-state index >= 15 is 0 Å². The van der Waals surface area contributed by atoms with Crippen molar-refractivity contribution in [2.75, 3.05) is 6.54 Å². The van der Waals surface area contributed by atoms with Gasteiger partial charge in [-0.05, 0) is 65.6 Å². The lowest BCUT2D eigenvalue weighted by Gasteiger charge is -2.26. The van der Waals surface area contributed by atoms with Crippen molar-refractivity contribution in [3.05, 3.63) is 58.7 Å². The Labute approximate surface area is 236 Å². The van der Waals surface area contributed by atoms with Crippen molar-refractivity contribution in [1.29, 1.82) is 0 Å². The molecule has 2 aromatic rings. The summed E-state index contributed by atoms with van der Waals surface area (Å²) in [5, 5.41) is 35.4. The molecule has 1 saturated heterocycles. The maximum Gasteiger partial charge on any atom is 0.491 e. The number of carbonyl (C=O) groups excluding carboxylic acids is 3. The molecule has 212 valence electrons. The van der Waals surface area contributed by atoms with E-state index in [2.05, 4.69) is 10.6 Å². The van der Waals surface area contributed by atoms with Crippen molar-refractivity contribution in [3.8, 4) is 0 Å². The molecule has 1 saturated carbocycles. The molecule has 4 atom stereocenters. The van der Waals surface area contributed by atoms with E-state index in [0.717, 1.165) is 11.1 Å². The van der Waals surface area contributed by atoms with Gasteiger partial charge in [0.25, 0.3) is 11.8 Å². The van der Waals surface area contributed by atoms with Gasteiger partial charge in [0.05, 0.1) is 19.1 Å². The molecule has 14 heteroatoms. The standard InChI is InChI=1S/C27H29B2N3O9/c33-24(14-4-6-16-12-40-28(38)20(16)8-14)30-18-10-23(25(34)31-22-3-1-2-19(22)27(36)37)32(11-18)26(35)15-5-7-17-13-41-29(39)21(17)9-15/h4-9,18-19,22-23,38-39H,1-3,10-13H2,(H,30,33)(H,31,34)(H,36,37)/t18-,19?,22?,23+/m1/s1. The molecule has 41 heavy (non-hydrogen) atoms. The zero-order valence-corrected chi connectivity index (χ0v) is 22.1. The van der Waals surface area contributed by atoms with E-state index in [4.69, 9.17) is 9.31 Å². The number of amides is 3. The predicted octanol–water partition coefficient (Wildman–Crippen LogP) is -1.50. The van der Waals surface area contributed by atoms with Gasteiger partial charge in [-0.2, -0.15) is 0 Å². The second-order valence-corrected chi connectivity index (χ2v) is 11.0. The Bertz CT molecular complexity index is 1420. The summed E-state index contributed by atoms with van der Waals surface area (Å²) in [5.74, 6) is -3.03. The molecule has 0 aromatic heterocycles. The maximum absolute atomic E-state index is 13.7. The zero-order valence-electron chi connectivity index (χ0n) is 22.1. The summed E-state index contributed by atoms with van der Waals surface area (Å²) in [6, 6.07) is 7.70. The normalized spacial score (nSPS) is 24.8. The topological polar surface area (TPSA) is 175 Å². The number of rotatable bonds is 6. The largest absolute Gasteiger partial charge is 0.491 e. The Morgan fingerprint density at radius 3 is 2.17 bits per heavy atom. The minimum absolute atomic E-state index is 0.0441. The number of likely N-dealkylation sites (tertiary alicyclic amines) is 1. The van der Waals surface area contributed by atoms with Gasteiger partial charge in [-0.3, -0.25) is 19.2 Å². The third kappa shape index (κ3) is 5.23. The first kappa shape index (κ1) is 27.5. The molecule has 3 amide bonds. The van der Waals surface area contributed by atoms with Crippen LogP contribution in [0.2, 0.25) is 0 Å². The third-order valence-corrected chi connectivity index (χ3v) is 8.49. The Morgan fingerprint density at radius 2 is 1.51 bits per heavy atom. The van der Waals surface area contributed by atoms with Crippen molar-refractivity contribution < 1.29 is 43.6 Å². The number of benzene rings is 2. The molecule has 0 bridgehead atoms. The molecule has 12 nitrogen and oxygen atoms in total. The number of carbonyl (C=O) groups is 4. The fourth-order valence-corrected chi connectivity index (χ4v) is 6.26. The Morgan fingerprint density at radius 1 is 0.878 bits per heavy atom.